The van der Waals surface area contributed by atoms with Gasteiger partial charge in [0, 0.05) is 12.1 Å². The second kappa shape index (κ2) is 8.46. The van der Waals surface area contributed by atoms with Gasteiger partial charge in [-0.1, -0.05) is 30.3 Å². The summed E-state index contributed by atoms with van der Waals surface area (Å²) in [6, 6.07) is 16.6. The molecule has 148 valence electrons. The second-order valence-corrected chi connectivity index (χ2v) is 7.99. The molecule has 5 nitrogen and oxygen atoms in total. The van der Waals surface area contributed by atoms with Crippen molar-refractivity contribution < 1.29 is 19.1 Å². The summed E-state index contributed by atoms with van der Waals surface area (Å²) in [5.41, 5.74) is 1.08. The number of rotatable bonds is 5. The Hall–Kier alpha value is -2.82. The maximum Gasteiger partial charge on any atom is 0.410 e. The van der Waals surface area contributed by atoms with Crippen molar-refractivity contribution in [1.82, 2.24) is 4.90 Å². The number of likely N-dealkylation sites (tertiary alicyclic amines) is 1. The molecule has 0 radical (unpaired) electrons. The van der Waals surface area contributed by atoms with Crippen LogP contribution in [0.2, 0.25) is 0 Å². The van der Waals surface area contributed by atoms with E-state index in [1.165, 1.54) is 0 Å². The van der Waals surface area contributed by atoms with Crippen LogP contribution in [0.1, 0.15) is 49.5 Å². The lowest BCUT2D eigenvalue weighted by Crippen LogP contribution is -2.43. The van der Waals surface area contributed by atoms with Crippen molar-refractivity contribution in [3.8, 4) is 5.75 Å². The highest BCUT2D eigenvalue weighted by molar-refractivity contribution is 6.01. The summed E-state index contributed by atoms with van der Waals surface area (Å²) in [6.07, 6.45) is 1.03. The number of benzene rings is 2. The zero-order chi connectivity index (χ0) is 20.1. The third-order valence-electron chi connectivity index (χ3n) is 4.57. The van der Waals surface area contributed by atoms with Gasteiger partial charge in [0.1, 0.15) is 18.0 Å². The molecule has 1 atom stereocenters. The number of ketones is 1. The number of amides is 1. The molecular formula is C23H27NO4. The number of nitrogens with zero attached hydrogens (tertiary/aromatic N) is 1. The third-order valence-corrected chi connectivity index (χ3v) is 4.57. The van der Waals surface area contributed by atoms with Crippen LogP contribution in [0.25, 0.3) is 0 Å². The minimum absolute atomic E-state index is 0.0574. The molecular weight excluding hydrogens is 354 g/mol. The van der Waals surface area contributed by atoms with Crippen LogP contribution in [0.3, 0.4) is 0 Å². The number of ether oxygens (including phenoxy) is 2. The Morgan fingerprint density at radius 2 is 1.71 bits per heavy atom. The molecule has 0 N–H and O–H groups in total. The SMILES string of the molecule is CC(C)(C)OC(=O)N1CCCC1C(=O)c1ccc(OCc2ccccc2)cc1. The van der Waals surface area contributed by atoms with E-state index in [9.17, 15) is 9.59 Å². The van der Waals surface area contributed by atoms with Gasteiger partial charge in [0.05, 0.1) is 6.04 Å². The minimum atomic E-state index is -0.578. The van der Waals surface area contributed by atoms with Gasteiger partial charge in [-0.2, -0.15) is 0 Å². The van der Waals surface area contributed by atoms with E-state index in [-0.39, 0.29) is 5.78 Å². The Labute approximate surface area is 166 Å². The van der Waals surface area contributed by atoms with Crippen LogP contribution in [0.5, 0.6) is 5.75 Å². The van der Waals surface area contributed by atoms with Crippen LogP contribution in [0, 0.1) is 0 Å². The average molecular weight is 381 g/mol. The number of hydrogen-bond donors (Lipinski definition) is 0. The second-order valence-electron chi connectivity index (χ2n) is 7.99. The van der Waals surface area contributed by atoms with E-state index < -0.39 is 17.7 Å². The van der Waals surface area contributed by atoms with Crippen molar-refractivity contribution in [2.45, 2.75) is 51.9 Å². The van der Waals surface area contributed by atoms with Crippen LogP contribution in [-0.2, 0) is 11.3 Å². The van der Waals surface area contributed by atoms with E-state index in [0.29, 0.717) is 30.9 Å². The van der Waals surface area contributed by atoms with E-state index in [4.69, 9.17) is 9.47 Å². The minimum Gasteiger partial charge on any atom is -0.489 e. The topological polar surface area (TPSA) is 55.8 Å². The van der Waals surface area contributed by atoms with Gasteiger partial charge in [0.2, 0.25) is 0 Å². The molecule has 1 saturated heterocycles. The van der Waals surface area contributed by atoms with Gasteiger partial charge in [-0.25, -0.2) is 4.79 Å². The predicted molar refractivity (Wildman–Crippen MR) is 108 cm³/mol. The largest absolute Gasteiger partial charge is 0.489 e. The molecule has 0 aliphatic carbocycles. The quantitative estimate of drug-likeness (QED) is 0.695. The highest BCUT2D eigenvalue weighted by atomic mass is 16.6. The van der Waals surface area contributed by atoms with Crippen molar-refractivity contribution in [2.75, 3.05) is 6.54 Å². The van der Waals surface area contributed by atoms with E-state index in [1.807, 2.05) is 51.1 Å². The molecule has 0 bridgehead atoms. The van der Waals surface area contributed by atoms with E-state index in [0.717, 1.165) is 12.0 Å². The molecule has 2 aromatic rings. The molecule has 1 fully saturated rings. The van der Waals surface area contributed by atoms with Crippen molar-refractivity contribution in [2.24, 2.45) is 0 Å². The van der Waals surface area contributed by atoms with E-state index in [2.05, 4.69) is 0 Å². The summed E-state index contributed by atoms with van der Waals surface area (Å²) >= 11 is 0. The highest BCUT2D eigenvalue weighted by Gasteiger charge is 2.36. The van der Waals surface area contributed by atoms with Crippen molar-refractivity contribution >= 4 is 11.9 Å². The number of hydrogen-bond acceptors (Lipinski definition) is 4. The summed E-state index contributed by atoms with van der Waals surface area (Å²) in [5.74, 6) is 0.647. The first kappa shape index (κ1) is 19.9. The van der Waals surface area contributed by atoms with Gasteiger partial charge in [0.15, 0.2) is 5.78 Å². The fraction of sp³-hybridized carbons (Fsp3) is 0.391. The monoisotopic (exact) mass is 381 g/mol. The fourth-order valence-corrected chi connectivity index (χ4v) is 3.23. The first-order chi connectivity index (χ1) is 13.3. The Morgan fingerprint density at radius 3 is 2.36 bits per heavy atom. The summed E-state index contributed by atoms with van der Waals surface area (Å²) in [5, 5.41) is 0. The predicted octanol–water partition coefficient (Wildman–Crippen LogP) is 4.85. The maximum atomic E-state index is 12.9. The summed E-state index contributed by atoms with van der Waals surface area (Å²) in [4.78, 5) is 26.9. The molecule has 3 rings (SSSR count). The maximum absolute atomic E-state index is 12.9. The van der Waals surface area contributed by atoms with Gasteiger partial charge >= 0.3 is 6.09 Å². The fourth-order valence-electron chi connectivity index (χ4n) is 3.23. The molecule has 1 unspecified atom stereocenters. The van der Waals surface area contributed by atoms with Crippen molar-refractivity contribution in [1.29, 1.82) is 0 Å². The zero-order valence-electron chi connectivity index (χ0n) is 16.7. The molecule has 0 saturated carbocycles. The molecule has 2 aromatic carbocycles. The van der Waals surface area contributed by atoms with Gasteiger partial charge in [-0.15, -0.1) is 0 Å². The molecule has 1 aliphatic rings. The molecule has 0 aromatic heterocycles. The van der Waals surface area contributed by atoms with Crippen LogP contribution >= 0.6 is 0 Å². The first-order valence-electron chi connectivity index (χ1n) is 9.64. The van der Waals surface area contributed by atoms with Gasteiger partial charge in [0.25, 0.3) is 0 Å². The Balaban J connectivity index is 1.62. The van der Waals surface area contributed by atoms with Crippen LogP contribution in [-0.4, -0.2) is 35.0 Å². The summed E-state index contributed by atoms with van der Waals surface area (Å²) in [6.45, 7) is 6.50. The Kier molecular flexibility index (Phi) is 6.02. The van der Waals surface area contributed by atoms with Crippen LogP contribution in [0.4, 0.5) is 4.79 Å². The summed E-state index contributed by atoms with van der Waals surface area (Å²) < 4.78 is 11.2. The lowest BCUT2D eigenvalue weighted by Gasteiger charge is -2.28. The molecule has 1 amide bonds. The lowest BCUT2D eigenvalue weighted by atomic mass is 10.0. The number of carbonyl (C=O) groups excluding carboxylic acids is 2. The van der Waals surface area contributed by atoms with Crippen LogP contribution < -0.4 is 4.74 Å². The molecule has 0 spiro atoms. The van der Waals surface area contributed by atoms with Gasteiger partial charge < -0.3 is 9.47 Å². The lowest BCUT2D eigenvalue weighted by molar-refractivity contribution is 0.0222. The summed E-state index contributed by atoms with van der Waals surface area (Å²) in [7, 11) is 0. The number of carbonyl (C=O) groups is 2. The normalized spacial score (nSPS) is 16.7. The average Bonchev–Trinajstić information content (AvgIpc) is 3.16. The smallest absolute Gasteiger partial charge is 0.410 e. The highest BCUT2D eigenvalue weighted by Crippen LogP contribution is 2.25. The zero-order valence-corrected chi connectivity index (χ0v) is 16.7. The molecule has 5 heteroatoms. The van der Waals surface area contributed by atoms with Crippen molar-refractivity contribution in [3.05, 3.63) is 65.7 Å². The Bertz CT molecular complexity index is 809. The first-order valence-corrected chi connectivity index (χ1v) is 9.64. The van der Waals surface area contributed by atoms with E-state index >= 15 is 0 Å². The number of Topliss-reactive ketones (excluding diaryl/α,β-unsaturated/α-hetero) is 1. The molecule has 1 heterocycles. The van der Waals surface area contributed by atoms with Gasteiger partial charge in [-0.05, 0) is 63.4 Å². The van der Waals surface area contributed by atoms with Crippen LogP contribution in [0.15, 0.2) is 54.6 Å². The standard InChI is InChI=1S/C23H27NO4/c1-23(2,3)28-22(26)24-15-7-10-20(24)21(25)18-11-13-19(14-12-18)27-16-17-8-5-4-6-9-17/h4-6,8-9,11-14,20H,7,10,15-16H2,1-3H3. The van der Waals surface area contributed by atoms with Gasteiger partial charge in [-0.3, -0.25) is 9.69 Å². The molecule has 1 aliphatic heterocycles. The third kappa shape index (κ3) is 5.12. The van der Waals surface area contributed by atoms with E-state index in [1.54, 1.807) is 29.2 Å². The van der Waals surface area contributed by atoms with Crippen molar-refractivity contribution in [3.63, 3.8) is 0 Å². The molecule has 28 heavy (non-hydrogen) atoms. The Morgan fingerprint density at radius 1 is 1.04 bits per heavy atom.